The molecule has 1 amide bonds. The quantitative estimate of drug-likeness (QED) is 0.365. The smallest absolute Gasteiger partial charge is 0.283 e. The zero-order chi connectivity index (χ0) is 26.5. The molecule has 190 valence electrons. The van der Waals surface area contributed by atoms with E-state index in [1.54, 1.807) is 43.5 Å². The molecule has 1 heterocycles. The predicted octanol–water partition coefficient (Wildman–Crippen LogP) is 3.68. The number of nitrogens with zero attached hydrogens (tertiary/aromatic N) is 6. The van der Waals surface area contributed by atoms with Crippen molar-refractivity contribution in [2.24, 2.45) is 15.4 Å². The molecule has 0 bridgehead atoms. The van der Waals surface area contributed by atoms with Gasteiger partial charge in [0.15, 0.2) is 18.1 Å². The first-order chi connectivity index (χ1) is 18.1. The number of hydrogen-bond acceptors (Lipinski definition) is 10. The van der Waals surface area contributed by atoms with Gasteiger partial charge >= 0.3 is 0 Å². The molecular formula is C26H27N7O4. The van der Waals surface area contributed by atoms with Crippen molar-refractivity contribution in [3.63, 3.8) is 0 Å². The highest BCUT2D eigenvalue weighted by Gasteiger charge is 2.20. The lowest BCUT2D eigenvalue weighted by Gasteiger charge is -2.23. The molecule has 1 aliphatic rings. The Morgan fingerprint density at radius 2 is 2.05 bits per heavy atom. The van der Waals surface area contributed by atoms with Crippen LogP contribution >= 0.6 is 0 Å². The third-order valence-electron chi connectivity index (χ3n) is 5.13. The molecular weight excluding hydrogens is 474 g/mol. The summed E-state index contributed by atoms with van der Waals surface area (Å²) in [5, 5.41) is 31.0. The Hall–Kier alpha value is -4.90. The van der Waals surface area contributed by atoms with Gasteiger partial charge in [0.1, 0.15) is 12.1 Å². The van der Waals surface area contributed by atoms with Crippen molar-refractivity contribution in [3.05, 3.63) is 53.6 Å². The lowest BCUT2D eigenvalue weighted by atomic mass is 10.0. The number of nitriles is 2. The Balaban J connectivity index is 1.59. The van der Waals surface area contributed by atoms with E-state index in [1.807, 2.05) is 25.1 Å². The van der Waals surface area contributed by atoms with Crippen LogP contribution in [-0.2, 0) is 9.63 Å². The van der Waals surface area contributed by atoms with Crippen molar-refractivity contribution >= 4 is 29.2 Å². The number of amides is 1. The van der Waals surface area contributed by atoms with E-state index >= 15 is 0 Å². The molecule has 0 radical (unpaired) electrons. The zero-order valence-corrected chi connectivity index (χ0v) is 20.7. The van der Waals surface area contributed by atoms with Gasteiger partial charge in [-0.1, -0.05) is 24.2 Å². The van der Waals surface area contributed by atoms with E-state index in [-0.39, 0.29) is 18.2 Å². The fourth-order valence-corrected chi connectivity index (χ4v) is 3.35. The van der Waals surface area contributed by atoms with Gasteiger partial charge in [0, 0.05) is 12.1 Å². The van der Waals surface area contributed by atoms with Crippen LogP contribution < -0.4 is 14.9 Å². The molecule has 37 heavy (non-hydrogen) atoms. The summed E-state index contributed by atoms with van der Waals surface area (Å²) in [6.45, 7) is 2.83. The summed E-state index contributed by atoms with van der Waals surface area (Å²) in [7, 11) is 1.60. The highest BCUT2D eigenvalue weighted by Crippen LogP contribution is 2.29. The minimum Gasteiger partial charge on any atom is -0.493 e. The average Bonchev–Trinajstić information content (AvgIpc) is 2.94. The molecule has 2 aromatic rings. The normalized spacial score (nSPS) is 12.6. The molecule has 11 nitrogen and oxygen atoms in total. The maximum absolute atomic E-state index is 12.7. The Morgan fingerprint density at radius 3 is 2.81 bits per heavy atom. The number of hydrazone groups is 2. The number of oxime groups is 1. The monoisotopic (exact) mass is 501 g/mol. The van der Waals surface area contributed by atoms with Crippen molar-refractivity contribution in [3.8, 4) is 23.6 Å². The van der Waals surface area contributed by atoms with Gasteiger partial charge in [0.25, 0.3) is 5.91 Å². The summed E-state index contributed by atoms with van der Waals surface area (Å²) in [6, 6.07) is 15.9. The van der Waals surface area contributed by atoms with Crippen LogP contribution in [0.1, 0.15) is 37.3 Å². The summed E-state index contributed by atoms with van der Waals surface area (Å²) in [4.78, 5) is 17.9. The van der Waals surface area contributed by atoms with Crippen LogP contribution in [0, 0.1) is 22.7 Å². The minimum atomic E-state index is -0.310. The van der Waals surface area contributed by atoms with Crippen molar-refractivity contribution < 1.29 is 19.1 Å². The SMILES string of the molecule is CCCOc1cc(C2=NN(C(=O)CON=Cc3cccc(NN=C(C#N)C#N)c3)CCC2)ccc1OC. The second-order valence-corrected chi connectivity index (χ2v) is 7.81. The highest BCUT2D eigenvalue weighted by molar-refractivity contribution is 6.10. The number of rotatable bonds is 11. The van der Waals surface area contributed by atoms with Gasteiger partial charge in [0.05, 0.1) is 31.3 Å². The number of methoxy groups -OCH3 is 1. The second-order valence-electron chi connectivity index (χ2n) is 7.81. The molecule has 0 saturated carbocycles. The number of carbonyl (C=O) groups excluding carboxylic acids is 1. The highest BCUT2D eigenvalue weighted by atomic mass is 16.6. The molecule has 0 aromatic heterocycles. The minimum absolute atomic E-state index is 0.267. The standard InChI is InChI=1S/C26H27N7O4/c1-3-12-36-25-14-20(9-10-24(25)35-2)23-8-5-11-33(32-23)26(34)18-37-29-17-19-6-4-7-21(13-19)30-31-22(15-27)16-28/h4,6-7,9-10,13-14,17,30H,3,5,8,11-12,18H2,1-2H3. The van der Waals surface area contributed by atoms with Crippen LogP contribution in [0.15, 0.2) is 57.8 Å². The van der Waals surface area contributed by atoms with E-state index in [1.165, 1.54) is 11.2 Å². The number of anilines is 1. The van der Waals surface area contributed by atoms with Gasteiger partial charge < -0.3 is 14.3 Å². The molecule has 0 atom stereocenters. The lowest BCUT2D eigenvalue weighted by Crippen LogP contribution is -2.34. The summed E-state index contributed by atoms with van der Waals surface area (Å²) >= 11 is 0. The first-order valence-electron chi connectivity index (χ1n) is 11.7. The maximum Gasteiger partial charge on any atom is 0.283 e. The van der Waals surface area contributed by atoms with Crippen LogP contribution in [0.2, 0.25) is 0 Å². The molecule has 1 N–H and O–H groups in total. The molecule has 2 aromatic carbocycles. The molecule has 0 unspecified atom stereocenters. The van der Waals surface area contributed by atoms with E-state index in [0.717, 1.165) is 30.5 Å². The van der Waals surface area contributed by atoms with Gasteiger partial charge in [-0.25, -0.2) is 5.01 Å². The third-order valence-corrected chi connectivity index (χ3v) is 5.13. The Labute approximate surface area is 215 Å². The summed E-state index contributed by atoms with van der Waals surface area (Å²) in [5.74, 6) is 0.985. The molecule has 0 aliphatic carbocycles. The number of nitrogens with one attached hydrogen (secondary N) is 1. The fourth-order valence-electron chi connectivity index (χ4n) is 3.35. The van der Waals surface area contributed by atoms with Gasteiger partial charge in [-0.2, -0.15) is 20.7 Å². The van der Waals surface area contributed by atoms with E-state index < -0.39 is 0 Å². The summed E-state index contributed by atoms with van der Waals surface area (Å²) < 4.78 is 11.2. The zero-order valence-electron chi connectivity index (χ0n) is 20.7. The lowest BCUT2D eigenvalue weighted by molar-refractivity contribution is -0.136. The van der Waals surface area contributed by atoms with Crippen LogP contribution in [0.4, 0.5) is 5.69 Å². The number of benzene rings is 2. The van der Waals surface area contributed by atoms with Crippen LogP contribution in [0.5, 0.6) is 11.5 Å². The number of ether oxygens (including phenoxy) is 2. The second kappa shape index (κ2) is 13.9. The maximum atomic E-state index is 12.7. The first kappa shape index (κ1) is 26.7. The van der Waals surface area contributed by atoms with E-state index in [0.29, 0.717) is 35.9 Å². The molecule has 0 fully saturated rings. The van der Waals surface area contributed by atoms with Gasteiger partial charge in [-0.3, -0.25) is 10.2 Å². The Morgan fingerprint density at radius 1 is 1.22 bits per heavy atom. The molecule has 0 spiro atoms. The molecule has 11 heteroatoms. The predicted molar refractivity (Wildman–Crippen MR) is 139 cm³/mol. The average molecular weight is 502 g/mol. The van der Waals surface area contributed by atoms with Gasteiger partial charge in [0.2, 0.25) is 5.71 Å². The topological polar surface area (TPSA) is 145 Å². The molecule has 0 saturated heterocycles. The number of hydrogen-bond donors (Lipinski definition) is 1. The number of carbonyl (C=O) groups is 1. The van der Waals surface area contributed by atoms with Crippen molar-refractivity contribution in [1.29, 1.82) is 10.5 Å². The third kappa shape index (κ3) is 7.80. The summed E-state index contributed by atoms with van der Waals surface area (Å²) in [5.41, 5.74) is 5.22. The van der Waals surface area contributed by atoms with Crippen molar-refractivity contribution in [1.82, 2.24) is 5.01 Å². The van der Waals surface area contributed by atoms with E-state index in [4.69, 9.17) is 24.8 Å². The van der Waals surface area contributed by atoms with Crippen molar-refractivity contribution in [2.45, 2.75) is 26.2 Å². The molecule has 1 aliphatic heterocycles. The van der Waals surface area contributed by atoms with E-state index in [9.17, 15) is 4.79 Å². The van der Waals surface area contributed by atoms with E-state index in [2.05, 4.69) is 20.8 Å². The van der Waals surface area contributed by atoms with Gasteiger partial charge in [-0.05, 0) is 55.2 Å². The van der Waals surface area contributed by atoms with Crippen LogP contribution in [0.25, 0.3) is 0 Å². The van der Waals surface area contributed by atoms with Crippen LogP contribution in [0.3, 0.4) is 0 Å². The van der Waals surface area contributed by atoms with Gasteiger partial charge in [-0.15, -0.1) is 0 Å². The largest absolute Gasteiger partial charge is 0.493 e. The first-order valence-corrected chi connectivity index (χ1v) is 11.7. The Bertz CT molecular complexity index is 1260. The summed E-state index contributed by atoms with van der Waals surface area (Å²) in [6.07, 6.45) is 3.83. The van der Waals surface area contributed by atoms with Crippen LogP contribution in [-0.4, -0.2) is 55.4 Å². The fraction of sp³-hybridized carbons (Fsp3) is 0.308. The van der Waals surface area contributed by atoms with Crippen molar-refractivity contribution in [2.75, 3.05) is 32.3 Å². The Kier molecular flexibility index (Phi) is 10.00. The molecule has 3 rings (SSSR count).